The molecule has 0 spiro atoms. The molecule has 0 aliphatic heterocycles. The topological polar surface area (TPSA) is 70.2 Å². The van der Waals surface area contributed by atoms with Gasteiger partial charge in [-0.2, -0.15) is 0 Å². The fourth-order valence-electron chi connectivity index (χ4n) is 2.72. The zero-order valence-electron chi connectivity index (χ0n) is 15.4. The van der Waals surface area contributed by atoms with Crippen LogP contribution in [0, 0.1) is 11.6 Å². The largest absolute Gasteiger partial charge is 0.325 e. The molecule has 3 aromatic rings. The normalized spacial score (nSPS) is 11.5. The van der Waals surface area contributed by atoms with Crippen molar-refractivity contribution in [2.75, 3.05) is 17.2 Å². The molecule has 0 aliphatic carbocycles. The maximum atomic E-state index is 13.3. The molecule has 3 N–H and O–H groups in total. The van der Waals surface area contributed by atoms with Crippen LogP contribution in [0.3, 0.4) is 0 Å². The number of para-hydroxylation sites is 1. The monoisotopic (exact) mass is 395 g/mol. The maximum absolute atomic E-state index is 13.3. The van der Waals surface area contributed by atoms with Crippen LogP contribution in [0.4, 0.5) is 20.2 Å². The predicted molar refractivity (Wildman–Crippen MR) is 107 cm³/mol. The van der Waals surface area contributed by atoms with Crippen LogP contribution >= 0.6 is 0 Å². The highest BCUT2D eigenvalue weighted by Crippen LogP contribution is 2.16. The van der Waals surface area contributed by atoms with E-state index in [9.17, 15) is 18.4 Å². The number of hydrogen-bond acceptors (Lipinski definition) is 3. The van der Waals surface area contributed by atoms with E-state index in [2.05, 4.69) is 16.0 Å². The van der Waals surface area contributed by atoms with Gasteiger partial charge in [-0.15, -0.1) is 0 Å². The van der Waals surface area contributed by atoms with Crippen LogP contribution in [0.1, 0.15) is 11.6 Å². The van der Waals surface area contributed by atoms with Gasteiger partial charge in [0.2, 0.25) is 11.8 Å². The van der Waals surface area contributed by atoms with Crippen LogP contribution in [0.25, 0.3) is 0 Å². The van der Waals surface area contributed by atoms with E-state index in [-0.39, 0.29) is 18.1 Å². The Morgan fingerprint density at radius 1 is 0.759 bits per heavy atom. The molecule has 3 rings (SSSR count). The van der Waals surface area contributed by atoms with Crippen molar-refractivity contribution in [2.24, 2.45) is 0 Å². The first-order chi connectivity index (χ1) is 14.0. The SMILES string of the molecule is O=C(CNC(C(=O)Nc1ccccc1)c1ccccc1)Nc1ccc(F)c(F)c1. The molecule has 0 saturated carbocycles. The van der Waals surface area contributed by atoms with Crippen LogP contribution in [0.2, 0.25) is 0 Å². The fraction of sp³-hybridized carbons (Fsp3) is 0.0909. The highest BCUT2D eigenvalue weighted by Gasteiger charge is 2.21. The van der Waals surface area contributed by atoms with Gasteiger partial charge >= 0.3 is 0 Å². The average molecular weight is 395 g/mol. The lowest BCUT2D eigenvalue weighted by molar-refractivity contribution is -0.119. The molecule has 0 radical (unpaired) electrons. The van der Waals surface area contributed by atoms with E-state index in [0.717, 1.165) is 12.1 Å². The number of rotatable bonds is 7. The van der Waals surface area contributed by atoms with Gasteiger partial charge in [-0.05, 0) is 29.8 Å². The Morgan fingerprint density at radius 3 is 2.07 bits per heavy atom. The van der Waals surface area contributed by atoms with E-state index < -0.39 is 23.6 Å². The maximum Gasteiger partial charge on any atom is 0.246 e. The van der Waals surface area contributed by atoms with Crippen molar-refractivity contribution in [3.63, 3.8) is 0 Å². The molecule has 1 atom stereocenters. The van der Waals surface area contributed by atoms with E-state index >= 15 is 0 Å². The number of nitrogens with one attached hydrogen (secondary N) is 3. The Kier molecular flexibility index (Phi) is 6.65. The van der Waals surface area contributed by atoms with Gasteiger partial charge in [0, 0.05) is 17.4 Å². The molecular formula is C22H19F2N3O2. The van der Waals surface area contributed by atoms with Crippen molar-refractivity contribution in [3.05, 3.63) is 96.1 Å². The van der Waals surface area contributed by atoms with E-state index in [1.54, 1.807) is 48.5 Å². The molecule has 148 valence electrons. The van der Waals surface area contributed by atoms with Gasteiger partial charge in [-0.3, -0.25) is 14.9 Å². The number of halogens is 2. The minimum absolute atomic E-state index is 0.126. The van der Waals surface area contributed by atoms with Crippen molar-refractivity contribution in [3.8, 4) is 0 Å². The summed E-state index contributed by atoms with van der Waals surface area (Å²) in [6.45, 7) is -0.208. The number of amides is 2. The van der Waals surface area contributed by atoms with Gasteiger partial charge in [-0.25, -0.2) is 8.78 Å². The summed E-state index contributed by atoms with van der Waals surface area (Å²) in [6.07, 6.45) is 0. The zero-order valence-corrected chi connectivity index (χ0v) is 15.4. The molecule has 7 heteroatoms. The molecule has 0 bridgehead atoms. The van der Waals surface area contributed by atoms with Crippen molar-refractivity contribution in [1.29, 1.82) is 0 Å². The Morgan fingerprint density at radius 2 is 1.41 bits per heavy atom. The number of carbonyl (C=O) groups is 2. The summed E-state index contributed by atoms with van der Waals surface area (Å²) in [7, 11) is 0. The smallest absolute Gasteiger partial charge is 0.246 e. The second kappa shape index (κ2) is 9.57. The third kappa shape index (κ3) is 5.70. The molecule has 0 fully saturated rings. The minimum Gasteiger partial charge on any atom is -0.325 e. The van der Waals surface area contributed by atoms with Crippen LogP contribution in [0.5, 0.6) is 0 Å². The van der Waals surface area contributed by atoms with Gasteiger partial charge in [0.1, 0.15) is 6.04 Å². The molecule has 0 saturated heterocycles. The number of benzene rings is 3. The lowest BCUT2D eigenvalue weighted by Crippen LogP contribution is -2.37. The summed E-state index contributed by atoms with van der Waals surface area (Å²) in [5.74, 6) is -2.88. The predicted octanol–water partition coefficient (Wildman–Crippen LogP) is 3.87. The van der Waals surface area contributed by atoms with E-state index in [0.29, 0.717) is 11.3 Å². The summed E-state index contributed by atoms with van der Waals surface area (Å²) >= 11 is 0. The lowest BCUT2D eigenvalue weighted by atomic mass is 10.1. The van der Waals surface area contributed by atoms with Gasteiger partial charge in [-0.1, -0.05) is 48.5 Å². The minimum atomic E-state index is -1.06. The van der Waals surface area contributed by atoms with Crippen LogP contribution in [-0.4, -0.2) is 18.4 Å². The third-order valence-electron chi connectivity index (χ3n) is 4.11. The summed E-state index contributed by atoms with van der Waals surface area (Å²) < 4.78 is 26.3. The highest BCUT2D eigenvalue weighted by atomic mass is 19.2. The van der Waals surface area contributed by atoms with Crippen molar-refractivity contribution >= 4 is 23.2 Å². The molecule has 5 nitrogen and oxygen atoms in total. The van der Waals surface area contributed by atoms with Crippen molar-refractivity contribution < 1.29 is 18.4 Å². The molecule has 0 aromatic heterocycles. The molecule has 1 unspecified atom stereocenters. The van der Waals surface area contributed by atoms with Gasteiger partial charge < -0.3 is 10.6 Å². The zero-order chi connectivity index (χ0) is 20.6. The molecule has 29 heavy (non-hydrogen) atoms. The Hall–Kier alpha value is -3.58. The van der Waals surface area contributed by atoms with Gasteiger partial charge in [0.05, 0.1) is 6.54 Å². The third-order valence-corrected chi connectivity index (χ3v) is 4.11. The van der Waals surface area contributed by atoms with Crippen LogP contribution in [-0.2, 0) is 9.59 Å². The molecule has 2 amide bonds. The fourth-order valence-corrected chi connectivity index (χ4v) is 2.72. The standard InChI is InChI=1S/C22H19F2N3O2/c23-18-12-11-17(13-19(18)24)26-20(28)14-25-21(15-7-3-1-4-8-15)22(29)27-16-9-5-2-6-10-16/h1-13,21,25H,14H2,(H,26,28)(H,27,29). The molecular weight excluding hydrogens is 376 g/mol. The molecule has 0 aliphatic rings. The average Bonchev–Trinajstić information content (AvgIpc) is 2.72. The second-order valence-corrected chi connectivity index (χ2v) is 6.26. The number of anilines is 2. The van der Waals surface area contributed by atoms with Crippen LogP contribution in [0.15, 0.2) is 78.9 Å². The second-order valence-electron chi connectivity index (χ2n) is 6.26. The van der Waals surface area contributed by atoms with E-state index in [1.165, 1.54) is 6.07 Å². The first-order valence-corrected chi connectivity index (χ1v) is 8.92. The summed E-state index contributed by atoms with van der Waals surface area (Å²) in [5, 5.41) is 8.18. The van der Waals surface area contributed by atoms with E-state index in [4.69, 9.17) is 0 Å². The lowest BCUT2D eigenvalue weighted by Gasteiger charge is -2.19. The van der Waals surface area contributed by atoms with Gasteiger partial charge in [0.25, 0.3) is 0 Å². The first-order valence-electron chi connectivity index (χ1n) is 8.92. The molecule has 3 aromatic carbocycles. The van der Waals surface area contributed by atoms with E-state index in [1.807, 2.05) is 12.1 Å². The Bertz CT molecular complexity index is 982. The summed E-state index contributed by atoms with van der Waals surface area (Å²) in [4.78, 5) is 25.0. The van der Waals surface area contributed by atoms with Gasteiger partial charge in [0.15, 0.2) is 11.6 Å². The summed E-state index contributed by atoms with van der Waals surface area (Å²) in [6, 6.07) is 20.2. The van der Waals surface area contributed by atoms with Crippen LogP contribution < -0.4 is 16.0 Å². The van der Waals surface area contributed by atoms with Crippen molar-refractivity contribution in [1.82, 2.24) is 5.32 Å². The quantitative estimate of drug-likeness (QED) is 0.569. The Balaban J connectivity index is 1.67. The van der Waals surface area contributed by atoms with Crippen molar-refractivity contribution in [2.45, 2.75) is 6.04 Å². The Labute approximate surface area is 166 Å². The number of carbonyl (C=O) groups excluding carboxylic acids is 2. The summed E-state index contributed by atoms with van der Waals surface area (Å²) in [5.41, 5.74) is 1.44. The molecule has 0 heterocycles. The first kappa shape index (κ1) is 20.2. The number of hydrogen-bond donors (Lipinski definition) is 3. The highest BCUT2D eigenvalue weighted by molar-refractivity contribution is 5.97.